The van der Waals surface area contributed by atoms with Crippen molar-refractivity contribution in [2.24, 2.45) is 17.8 Å². The molecular weight excluding hydrogens is 1790 g/mol. The third-order valence-electron chi connectivity index (χ3n) is 27.3. The van der Waals surface area contributed by atoms with Gasteiger partial charge in [0.05, 0.1) is 56.3 Å². The van der Waals surface area contributed by atoms with Gasteiger partial charge in [-0.3, -0.25) is 71.9 Å². The fraction of sp³-hybridized carbons (Fsp3) is 0.477. The maximum Gasteiger partial charge on any atom is 0.259 e. The summed E-state index contributed by atoms with van der Waals surface area (Å²) in [4.78, 5) is 206. The van der Waals surface area contributed by atoms with Crippen LogP contribution in [0.15, 0.2) is 176 Å². The highest BCUT2D eigenvalue weighted by molar-refractivity contribution is 6.31. The third-order valence-corrected chi connectivity index (χ3v) is 27.6. The fourth-order valence-electron chi connectivity index (χ4n) is 19.9. The van der Waals surface area contributed by atoms with E-state index in [9.17, 15) is 71.9 Å². The highest BCUT2D eigenvalue weighted by atomic mass is 35.5. The Morgan fingerprint density at radius 2 is 0.714 bits per heavy atom. The minimum absolute atomic E-state index is 0.0987. The van der Waals surface area contributed by atoms with Gasteiger partial charge in [0.1, 0.15) is 0 Å². The molecule has 0 radical (unpaired) electrons. The highest BCUT2D eigenvalue weighted by Crippen LogP contribution is 2.37. The summed E-state index contributed by atoms with van der Waals surface area (Å²) < 4.78 is 0. The number of benzene rings is 7. The Bertz CT molecular complexity index is 5500. The van der Waals surface area contributed by atoms with E-state index in [2.05, 4.69) is 42.5 Å². The van der Waals surface area contributed by atoms with Gasteiger partial charge in [0, 0.05) is 83.6 Å². The number of carbonyl (C=O) groups excluding carboxylic acids is 15. The van der Waals surface area contributed by atoms with Crippen LogP contribution in [0.5, 0.6) is 0 Å². The number of para-hydroxylation sites is 4. The Morgan fingerprint density at radius 1 is 0.357 bits per heavy atom. The van der Waals surface area contributed by atoms with Crippen LogP contribution in [0.3, 0.4) is 0 Å². The zero-order chi connectivity index (χ0) is 99.9. The zero-order valence-electron chi connectivity index (χ0n) is 81.9. The summed E-state index contributed by atoms with van der Waals surface area (Å²) in [5, 5.41) is 23.0. The minimum Gasteiger partial charge on any atom is -0.354 e. The average Bonchev–Trinajstić information content (AvgIpc) is 1.61. The maximum atomic E-state index is 13.6. The average molecular weight is 1930 g/mol. The van der Waals surface area contributed by atoms with Crippen molar-refractivity contribution in [1.82, 2.24) is 51.1 Å². The van der Waals surface area contributed by atoms with Crippen LogP contribution in [0.25, 0.3) is 0 Å². The SMILES string of the molecule is CC(C)NC(=O)C1C(=O)N(C)c2ccccc2C(=O)N1CCCc1ccccc1.CCCCNC(=O)C1C(=O)Nc2cc(Cl)ccc2C(=O)N1CC1CCCCC1.CCCCNC(=O)C1C(=O)Nc2ccccc2C(=O)N1CCC.CN1C(=O)C(C(=O)NC2CCCCC2)N(CC2CCCCC2)C(=O)c2ccccc21.O=C(NCc1ccccc1)C1C(=O)Nc2ccccc2C(=O)N1CC1CCCCC1. The van der Waals surface area contributed by atoms with Gasteiger partial charge in [0.15, 0.2) is 30.2 Å². The van der Waals surface area contributed by atoms with Crippen LogP contribution in [-0.4, -0.2) is 215 Å². The summed E-state index contributed by atoms with van der Waals surface area (Å²) in [7, 11) is 3.27. The molecule has 7 aromatic rings. The largest absolute Gasteiger partial charge is 0.354 e. The molecule has 746 valence electrons. The van der Waals surface area contributed by atoms with Crippen LogP contribution in [0.4, 0.5) is 28.4 Å². The van der Waals surface area contributed by atoms with E-state index >= 15 is 0 Å². The lowest BCUT2D eigenvalue weighted by Gasteiger charge is -2.34. The lowest BCUT2D eigenvalue weighted by atomic mass is 9.88. The van der Waals surface area contributed by atoms with Crippen LogP contribution in [-0.2, 0) is 60.9 Å². The number of carbonyl (C=O) groups is 15. The molecular formula is C109H138ClN15O15. The summed E-state index contributed by atoms with van der Waals surface area (Å²) in [6.45, 7) is 12.9. The molecule has 30 nitrogen and oxygen atoms in total. The van der Waals surface area contributed by atoms with E-state index < -0.39 is 77.5 Å². The fourth-order valence-corrected chi connectivity index (χ4v) is 20.0. The summed E-state index contributed by atoms with van der Waals surface area (Å²) in [5.74, 6) is -4.61. The van der Waals surface area contributed by atoms with Gasteiger partial charge in [-0.1, -0.05) is 231 Å². The molecule has 4 fully saturated rings. The van der Waals surface area contributed by atoms with Gasteiger partial charge in [0.2, 0.25) is 0 Å². The molecule has 16 rings (SSSR count). The normalized spacial score (nSPS) is 19.7. The highest BCUT2D eigenvalue weighted by Gasteiger charge is 2.48. The van der Waals surface area contributed by atoms with Crippen LogP contribution < -0.4 is 52.3 Å². The molecule has 4 saturated carbocycles. The number of unbranched alkanes of at least 4 members (excludes halogenated alkanes) is 2. The first-order valence-electron chi connectivity index (χ1n) is 50.4. The van der Waals surface area contributed by atoms with Crippen LogP contribution in [0.1, 0.15) is 264 Å². The number of hydrogen-bond acceptors (Lipinski definition) is 15. The molecule has 5 aliphatic heterocycles. The Hall–Kier alpha value is -13.1. The van der Waals surface area contributed by atoms with Gasteiger partial charge in [-0.05, 0) is 193 Å². The number of fused-ring (bicyclic) bond motifs is 5. The van der Waals surface area contributed by atoms with E-state index in [1.54, 1.807) is 122 Å². The standard InChI is InChI=1S/C24H33N3O3.C24H27N3O3.C23H27N3O3.C21H28ClN3O3.C17H23N3O3/c1-26-20-15-9-8-14-19(20)23(29)27(16-17-10-4-2-5-11-17)21(24(26)30)22(28)25-18-12-6-3-7-13-18;28-22(25-15-17-9-3-1-4-10-17)21-23(29)26-20-14-8-7-13-19(20)24(30)27(21)16-18-11-5-2-6-12-18;1-16(2)24-21(27)20-23(29)25(3)19-14-8-7-13-18(19)22(28)26(20)15-9-12-17-10-5-4-6-11-17;1-2-3-11-23-19(26)18-20(27)24-17-12-15(22)9-10-16(17)21(28)25(18)13-14-7-5-4-6-8-14;1-3-5-10-18-15(21)14-16(22)19-13-9-7-6-8-12(13)17(23)20(14)11-4-2/h8-9,14-15,17-18,21H,2-7,10-13,16H2,1H3,(H,25,28);1,3-4,7-10,13-14,18,21H,2,5-6,11-12,15-16H2,(H,25,28)(H,26,29);4-8,10-11,13-14,16,20H,9,12,15H2,1-3H3,(H,24,27);9-10,12,14,18H,2-8,11,13H2,1H3,(H,23,26)(H,24,27);6-9,14H,3-5,10-11H2,1-2H3,(H,18,21)(H,19,22). The monoisotopic (exact) mass is 1930 g/mol. The van der Waals surface area contributed by atoms with Crippen LogP contribution in [0.2, 0.25) is 5.02 Å². The molecule has 8 N–H and O–H groups in total. The van der Waals surface area contributed by atoms with Gasteiger partial charge in [-0.15, -0.1) is 0 Å². The molecule has 5 heterocycles. The van der Waals surface area contributed by atoms with Crippen molar-refractivity contribution in [3.63, 3.8) is 0 Å². The minimum atomic E-state index is -1.18. The number of amides is 15. The molecule has 0 spiro atoms. The molecule has 0 aromatic heterocycles. The van der Waals surface area contributed by atoms with Gasteiger partial charge in [-0.2, -0.15) is 0 Å². The van der Waals surface area contributed by atoms with E-state index in [4.69, 9.17) is 11.6 Å². The Morgan fingerprint density at radius 3 is 1.16 bits per heavy atom. The third kappa shape index (κ3) is 27.5. The quantitative estimate of drug-likeness (QED) is 0.0175. The number of nitrogens with one attached hydrogen (secondary N) is 8. The van der Waals surface area contributed by atoms with Crippen LogP contribution >= 0.6 is 11.6 Å². The molecule has 5 unspecified atom stereocenters. The second-order valence-electron chi connectivity index (χ2n) is 38.1. The summed E-state index contributed by atoms with van der Waals surface area (Å²) >= 11 is 6.05. The Kier molecular flexibility index (Phi) is 39.5. The number of halogens is 1. The van der Waals surface area contributed by atoms with E-state index in [-0.39, 0.29) is 53.4 Å². The molecule has 31 heteroatoms. The molecule has 0 saturated heterocycles. The topological polar surface area (TPSA) is 375 Å². The molecule has 4 aliphatic carbocycles. The lowest BCUT2D eigenvalue weighted by molar-refractivity contribution is -0.136. The van der Waals surface area contributed by atoms with Gasteiger partial charge >= 0.3 is 0 Å². The summed E-state index contributed by atoms with van der Waals surface area (Å²) in [6, 6.07) is 46.4. The Balaban J connectivity index is 0.000000157. The van der Waals surface area contributed by atoms with Crippen molar-refractivity contribution in [1.29, 1.82) is 0 Å². The molecule has 15 amide bonds. The van der Waals surface area contributed by atoms with Crippen molar-refractivity contribution in [3.05, 3.63) is 220 Å². The number of hydrogen-bond donors (Lipinski definition) is 8. The van der Waals surface area contributed by atoms with Crippen LogP contribution in [0, 0.1) is 17.8 Å². The van der Waals surface area contributed by atoms with E-state index in [0.29, 0.717) is 144 Å². The number of nitrogens with zero attached hydrogens (tertiary/aromatic N) is 7. The zero-order valence-corrected chi connectivity index (χ0v) is 82.7. The van der Waals surface area contributed by atoms with Crippen molar-refractivity contribution >= 4 is 129 Å². The number of anilines is 5. The predicted octanol–water partition coefficient (Wildman–Crippen LogP) is 14.9. The maximum absolute atomic E-state index is 13.6. The first kappa shape index (κ1) is 106. The first-order chi connectivity index (χ1) is 67.7. The summed E-state index contributed by atoms with van der Waals surface area (Å²) in [5.41, 5.74) is 6.61. The second-order valence-corrected chi connectivity index (χ2v) is 38.5. The van der Waals surface area contributed by atoms with E-state index in [0.717, 1.165) is 146 Å². The smallest absolute Gasteiger partial charge is 0.259 e. The molecule has 140 heavy (non-hydrogen) atoms. The lowest BCUT2D eigenvalue weighted by Crippen LogP contribution is -2.58. The molecule has 0 bridgehead atoms. The van der Waals surface area contributed by atoms with E-state index in [1.807, 2.05) is 107 Å². The molecule has 7 aromatic carbocycles. The molecule has 5 atom stereocenters. The van der Waals surface area contributed by atoms with Crippen molar-refractivity contribution < 1.29 is 71.9 Å². The second kappa shape index (κ2) is 52.2. The summed E-state index contributed by atoms with van der Waals surface area (Å²) in [6.07, 6.45) is 27.5. The number of rotatable bonds is 27. The van der Waals surface area contributed by atoms with E-state index in [1.165, 1.54) is 55.1 Å². The van der Waals surface area contributed by atoms with Gasteiger partial charge < -0.3 is 76.8 Å². The van der Waals surface area contributed by atoms with Crippen molar-refractivity contribution in [2.45, 2.75) is 257 Å². The Labute approximate surface area is 827 Å². The molecule has 9 aliphatic rings. The van der Waals surface area contributed by atoms with Crippen molar-refractivity contribution in [2.75, 3.05) is 85.7 Å². The number of aryl methyl sites for hydroxylation is 1. The number of likely N-dealkylation sites (N-methyl/N-ethyl adjacent to an activating group) is 2. The predicted molar refractivity (Wildman–Crippen MR) is 541 cm³/mol. The first-order valence-corrected chi connectivity index (χ1v) is 50.8. The van der Waals surface area contributed by atoms with Gasteiger partial charge in [0.25, 0.3) is 88.6 Å². The van der Waals surface area contributed by atoms with Crippen molar-refractivity contribution in [3.8, 4) is 0 Å². The van der Waals surface area contributed by atoms with Gasteiger partial charge in [-0.25, -0.2) is 0 Å².